The van der Waals surface area contributed by atoms with Crippen LogP contribution in [0.4, 0.5) is 5.69 Å². The molecule has 1 rings (SSSR count). The number of likely N-dealkylation sites (N-methyl/N-ethyl adjacent to an activating group) is 1. The normalized spacial score (nSPS) is 11.1. The predicted octanol–water partition coefficient (Wildman–Crippen LogP) is 2.02. The van der Waals surface area contributed by atoms with Gasteiger partial charge in [0, 0.05) is 22.7 Å². The summed E-state index contributed by atoms with van der Waals surface area (Å²) in [5.74, 6) is -0.457. The van der Waals surface area contributed by atoms with Gasteiger partial charge in [0.05, 0.1) is 12.1 Å². The first kappa shape index (κ1) is 16.5. The Morgan fingerprint density at radius 1 is 1.35 bits per heavy atom. The van der Waals surface area contributed by atoms with Crippen molar-refractivity contribution in [1.82, 2.24) is 10.2 Å². The van der Waals surface area contributed by atoms with Gasteiger partial charge in [-0.05, 0) is 54.9 Å². The molecule has 0 saturated carbocycles. The number of amides is 2. The van der Waals surface area contributed by atoms with Crippen LogP contribution in [0, 0.1) is 0 Å². The Hall–Kier alpha value is -1.56. The summed E-state index contributed by atoms with van der Waals surface area (Å²) in [6, 6.07) is 5.00. The molecule has 0 fully saturated rings. The number of anilines is 1. The van der Waals surface area contributed by atoms with E-state index in [1.54, 1.807) is 25.2 Å². The minimum atomic E-state index is -0.321. The SMILES string of the molecule is CN(CC(=O)NC(C)(C)C)C(=O)c1cc(N)ccc1Br. The van der Waals surface area contributed by atoms with Gasteiger partial charge < -0.3 is 16.0 Å². The van der Waals surface area contributed by atoms with Crippen LogP contribution in [-0.4, -0.2) is 35.8 Å². The molecule has 0 aliphatic heterocycles. The highest BCUT2D eigenvalue weighted by molar-refractivity contribution is 9.10. The first-order valence-corrected chi connectivity index (χ1v) is 7.01. The zero-order chi connectivity index (χ0) is 15.5. The van der Waals surface area contributed by atoms with Gasteiger partial charge in [0.25, 0.3) is 5.91 Å². The first-order valence-electron chi connectivity index (χ1n) is 6.21. The average Bonchev–Trinajstić information content (AvgIpc) is 2.28. The Labute approximate surface area is 127 Å². The van der Waals surface area contributed by atoms with Gasteiger partial charge >= 0.3 is 0 Å². The summed E-state index contributed by atoms with van der Waals surface area (Å²) < 4.78 is 0.653. The van der Waals surface area contributed by atoms with Gasteiger partial charge in [-0.3, -0.25) is 9.59 Å². The van der Waals surface area contributed by atoms with Crippen LogP contribution < -0.4 is 11.1 Å². The van der Waals surface area contributed by atoms with Crippen molar-refractivity contribution in [3.8, 4) is 0 Å². The number of rotatable bonds is 3. The number of hydrogen-bond acceptors (Lipinski definition) is 3. The first-order chi connectivity index (χ1) is 9.10. The highest BCUT2D eigenvalue weighted by Crippen LogP contribution is 2.20. The lowest BCUT2D eigenvalue weighted by Gasteiger charge is -2.23. The highest BCUT2D eigenvalue weighted by atomic mass is 79.9. The lowest BCUT2D eigenvalue weighted by Crippen LogP contribution is -2.46. The van der Waals surface area contributed by atoms with Crippen molar-refractivity contribution in [3.05, 3.63) is 28.2 Å². The van der Waals surface area contributed by atoms with E-state index in [0.29, 0.717) is 15.7 Å². The van der Waals surface area contributed by atoms with Crippen molar-refractivity contribution in [2.24, 2.45) is 0 Å². The maximum Gasteiger partial charge on any atom is 0.255 e. The lowest BCUT2D eigenvalue weighted by molar-refractivity contribution is -0.122. The van der Waals surface area contributed by atoms with E-state index in [0.717, 1.165) is 0 Å². The molecule has 3 N–H and O–H groups in total. The molecule has 2 amide bonds. The number of carbonyl (C=O) groups excluding carboxylic acids is 2. The van der Waals surface area contributed by atoms with Crippen LogP contribution in [0.3, 0.4) is 0 Å². The third kappa shape index (κ3) is 4.85. The molecule has 0 bridgehead atoms. The van der Waals surface area contributed by atoms with Gasteiger partial charge in [-0.25, -0.2) is 0 Å². The van der Waals surface area contributed by atoms with E-state index >= 15 is 0 Å². The average molecular weight is 342 g/mol. The van der Waals surface area contributed by atoms with E-state index in [4.69, 9.17) is 5.73 Å². The molecule has 1 aromatic carbocycles. The number of carbonyl (C=O) groups is 2. The number of halogens is 1. The van der Waals surface area contributed by atoms with Crippen LogP contribution in [0.1, 0.15) is 31.1 Å². The molecular weight excluding hydrogens is 322 g/mol. The van der Waals surface area contributed by atoms with Crippen molar-refractivity contribution >= 4 is 33.4 Å². The quantitative estimate of drug-likeness (QED) is 0.826. The maximum atomic E-state index is 12.3. The van der Waals surface area contributed by atoms with Crippen LogP contribution >= 0.6 is 15.9 Å². The molecule has 0 unspecified atom stereocenters. The summed E-state index contributed by atoms with van der Waals surface area (Å²) in [7, 11) is 1.58. The van der Waals surface area contributed by atoms with E-state index in [2.05, 4.69) is 21.2 Å². The number of nitrogens with two attached hydrogens (primary N) is 1. The number of nitrogen functional groups attached to an aromatic ring is 1. The van der Waals surface area contributed by atoms with E-state index < -0.39 is 0 Å². The van der Waals surface area contributed by atoms with Crippen LogP contribution in [0.25, 0.3) is 0 Å². The third-order valence-electron chi connectivity index (χ3n) is 2.46. The monoisotopic (exact) mass is 341 g/mol. The Balaban J connectivity index is 2.77. The Kier molecular flexibility index (Phi) is 5.16. The second-order valence-corrected chi connectivity index (χ2v) is 6.55. The fraction of sp³-hybridized carbons (Fsp3) is 0.429. The summed E-state index contributed by atoms with van der Waals surface area (Å²) in [6.07, 6.45) is 0. The predicted molar refractivity (Wildman–Crippen MR) is 83.4 cm³/mol. The summed E-state index contributed by atoms with van der Waals surface area (Å²) in [5.41, 5.74) is 6.30. The van der Waals surface area contributed by atoms with Gasteiger partial charge in [0.15, 0.2) is 0 Å². The molecule has 0 atom stereocenters. The summed E-state index contributed by atoms with van der Waals surface area (Å²) in [5, 5.41) is 2.81. The van der Waals surface area contributed by atoms with Gasteiger partial charge in [0.1, 0.15) is 0 Å². The van der Waals surface area contributed by atoms with Crippen molar-refractivity contribution in [2.45, 2.75) is 26.3 Å². The van der Waals surface area contributed by atoms with Crippen molar-refractivity contribution in [3.63, 3.8) is 0 Å². The fourth-order valence-electron chi connectivity index (χ4n) is 1.66. The van der Waals surface area contributed by atoms with Gasteiger partial charge in [0.2, 0.25) is 5.91 Å². The smallest absolute Gasteiger partial charge is 0.255 e. The van der Waals surface area contributed by atoms with Gasteiger partial charge in [-0.15, -0.1) is 0 Å². The molecule has 6 heteroatoms. The molecule has 0 radical (unpaired) electrons. The van der Waals surface area contributed by atoms with E-state index in [1.807, 2.05) is 20.8 Å². The van der Waals surface area contributed by atoms with Crippen LogP contribution in [-0.2, 0) is 4.79 Å². The molecule has 0 aliphatic rings. The van der Waals surface area contributed by atoms with Gasteiger partial charge in [-0.2, -0.15) is 0 Å². The molecule has 5 nitrogen and oxygen atoms in total. The fourth-order valence-corrected chi connectivity index (χ4v) is 2.07. The van der Waals surface area contributed by atoms with Crippen molar-refractivity contribution < 1.29 is 9.59 Å². The summed E-state index contributed by atoms with van der Waals surface area (Å²) in [6.45, 7) is 5.67. The highest BCUT2D eigenvalue weighted by Gasteiger charge is 2.20. The number of nitrogens with zero attached hydrogens (tertiary/aromatic N) is 1. The zero-order valence-corrected chi connectivity index (χ0v) is 13.7. The Morgan fingerprint density at radius 2 is 1.95 bits per heavy atom. The Bertz CT molecular complexity index is 524. The molecule has 0 aliphatic carbocycles. The topological polar surface area (TPSA) is 75.4 Å². The number of hydrogen-bond donors (Lipinski definition) is 2. The molecule has 20 heavy (non-hydrogen) atoms. The minimum absolute atomic E-state index is 0.00264. The summed E-state index contributed by atoms with van der Waals surface area (Å²) >= 11 is 3.31. The molecule has 0 aromatic heterocycles. The minimum Gasteiger partial charge on any atom is -0.399 e. The van der Waals surface area contributed by atoms with Gasteiger partial charge in [-0.1, -0.05) is 0 Å². The van der Waals surface area contributed by atoms with Crippen LogP contribution in [0.5, 0.6) is 0 Å². The number of nitrogens with one attached hydrogen (secondary N) is 1. The molecule has 1 aromatic rings. The van der Waals surface area contributed by atoms with Crippen molar-refractivity contribution in [1.29, 1.82) is 0 Å². The second kappa shape index (κ2) is 6.26. The molecule has 0 heterocycles. The largest absolute Gasteiger partial charge is 0.399 e. The van der Waals surface area contributed by atoms with E-state index in [9.17, 15) is 9.59 Å². The van der Waals surface area contributed by atoms with E-state index in [1.165, 1.54) is 4.90 Å². The lowest BCUT2D eigenvalue weighted by atomic mass is 10.1. The molecule has 110 valence electrons. The molecular formula is C14H20BrN3O2. The standard InChI is InChI=1S/C14H20BrN3O2/c1-14(2,3)17-12(19)8-18(4)13(20)10-7-9(16)5-6-11(10)15/h5-7H,8,16H2,1-4H3,(H,17,19). The third-order valence-corrected chi connectivity index (χ3v) is 3.15. The van der Waals surface area contributed by atoms with Crippen LogP contribution in [0.15, 0.2) is 22.7 Å². The summed E-state index contributed by atoms with van der Waals surface area (Å²) in [4.78, 5) is 25.5. The number of benzene rings is 1. The zero-order valence-electron chi connectivity index (χ0n) is 12.2. The second-order valence-electron chi connectivity index (χ2n) is 5.70. The van der Waals surface area contributed by atoms with E-state index in [-0.39, 0.29) is 23.9 Å². The molecule has 0 spiro atoms. The maximum absolute atomic E-state index is 12.3. The molecule has 0 saturated heterocycles. The van der Waals surface area contributed by atoms with Crippen molar-refractivity contribution in [2.75, 3.05) is 19.3 Å². The Morgan fingerprint density at radius 3 is 2.50 bits per heavy atom. The van der Waals surface area contributed by atoms with Crippen LogP contribution in [0.2, 0.25) is 0 Å².